The van der Waals surface area contributed by atoms with E-state index in [1.165, 1.54) is 17.7 Å². The van der Waals surface area contributed by atoms with E-state index in [0.29, 0.717) is 6.04 Å². The van der Waals surface area contributed by atoms with Crippen LogP contribution < -0.4 is 10.6 Å². The van der Waals surface area contributed by atoms with Gasteiger partial charge in [-0.2, -0.15) is 0 Å². The van der Waals surface area contributed by atoms with E-state index in [-0.39, 0.29) is 5.82 Å². The second kappa shape index (κ2) is 9.19. The fraction of sp³-hybridized carbons (Fsp3) is 0.550. The number of halogens is 1. The van der Waals surface area contributed by atoms with Crippen molar-refractivity contribution < 1.29 is 4.39 Å². The molecule has 1 fully saturated rings. The first-order valence-electron chi connectivity index (χ1n) is 9.69. The van der Waals surface area contributed by atoms with Gasteiger partial charge in [0.1, 0.15) is 5.82 Å². The van der Waals surface area contributed by atoms with Crippen LogP contribution in [0, 0.1) is 5.82 Å². The minimum absolute atomic E-state index is 0.215. The maximum atomic E-state index is 13.3. The van der Waals surface area contributed by atoms with Crippen LogP contribution >= 0.6 is 0 Å². The zero-order valence-electron chi connectivity index (χ0n) is 16.6. The molecule has 7 heteroatoms. The van der Waals surface area contributed by atoms with Crippen molar-refractivity contribution in [2.45, 2.75) is 19.4 Å². The number of likely N-dealkylation sites (N-methyl/N-ethyl adjacent to an activating group) is 1. The van der Waals surface area contributed by atoms with Crippen molar-refractivity contribution in [1.82, 2.24) is 25.4 Å². The molecule has 1 atom stereocenters. The van der Waals surface area contributed by atoms with E-state index in [9.17, 15) is 4.39 Å². The van der Waals surface area contributed by atoms with Crippen molar-refractivity contribution in [2.75, 3.05) is 53.4 Å². The van der Waals surface area contributed by atoms with Crippen LogP contribution in [0.5, 0.6) is 0 Å². The number of aliphatic imine (C=N–C) groups is 1. The van der Waals surface area contributed by atoms with Crippen molar-refractivity contribution in [1.29, 1.82) is 0 Å². The van der Waals surface area contributed by atoms with Gasteiger partial charge in [-0.25, -0.2) is 4.39 Å². The number of piperazine rings is 1. The highest BCUT2D eigenvalue weighted by Crippen LogP contribution is 2.19. The number of H-pyrrole nitrogens is 1. The molecule has 0 amide bonds. The van der Waals surface area contributed by atoms with Crippen LogP contribution in [0.25, 0.3) is 10.9 Å². The average molecular weight is 375 g/mol. The maximum Gasteiger partial charge on any atom is 0.191 e. The number of guanidine groups is 1. The Morgan fingerprint density at radius 2 is 2.04 bits per heavy atom. The van der Waals surface area contributed by atoms with Crippen LogP contribution in [-0.2, 0) is 6.42 Å². The van der Waals surface area contributed by atoms with Gasteiger partial charge in [-0.05, 0) is 44.2 Å². The molecule has 3 N–H and O–H groups in total. The van der Waals surface area contributed by atoms with Crippen LogP contribution in [0.1, 0.15) is 12.5 Å². The SMILES string of the molecule is CN=C(NCCc1c[nH]c2cc(F)ccc12)NCC(C)N1CCN(C)CC1. The number of rotatable bonds is 6. The Labute approximate surface area is 160 Å². The van der Waals surface area contributed by atoms with Crippen LogP contribution in [0.3, 0.4) is 0 Å². The minimum atomic E-state index is -0.215. The molecule has 0 spiro atoms. The van der Waals surface area contributed by atoms with E-state index in [2.05, 4.69) is 44.4 Å². The first-order valence-corrected chi connectivity index (χ1v) is 9.69. The van der Waals surface area contributed by atoms with E-state index >= 15 is 0 Å². The molecule has 0 aliphatic carbocycles. The predicted octanol–water partition coefficient (Wildman–Crippen LogP) is 1.65. The largest absolute Gasteiger partial charge is 0.361 e. The molecule has 1 saturated heterocycles. The molecule has 0 saturated carbocycles. The number of fused-ring (bicyclic) bond motifs is 1. The van der Waals surface area contributed by atoms with Gasteiger partial charge in [0.25, 0.3) is 0 Å². The van der Waals surface area contributed by atoms with Crippen molar-refractivity contribution in [2.24, 2.45) is 4.99 Å². The smallest absolute Gasteiger partial charge is 0.191 e. The van der Waals surface area contributed by atoms with Crippen molar-refractivity contribution in [3.05, 3.63) is 35.8 Å². The average Bonchev–Trinajstić information content (AvgIpc) is 3.06. The number of nitrogens with one attached hydrogen (secondary N) is 3. The van der Waals surface area contributed by atoms with Crippen LogP contribution in [-0.4, -0.2) is 80.1 Å². The van der Waals surface area contributed by atoms with Gasteiger partial charge in [0, 0.05) is 69.5 Å². The van der Waals surface area contributed by atoms with Crippen LogP contribution in [0.4, 0.5) is 4.39 Å². The van der Waals surface area contributed by atoms with E-state index < -0.39 is 0 Å². The third kappa shape index (κ3) is 5.20. The number of benzene rings is 1. The third-order valence-corrected chi connectivity index (χ3v) is 5.37. The maximum absolute atomic E-state index is 13.3. The summed E-state index contributed by atoms with van der Waals surface area (Å²) >= 11 is 0. The standard InChI is InChI=1S/C20H31FN6/c1-15(27-10-8-26(3)9-11-27)13-25-20(22-2)23-7-6-16-14-24-19-12-17(21)4-5-18(16)19/h4-5,12,14-15,24H,6-11,13H2,1-3H3,(H2,22,23,25). The second-order valence-electron chi connectivity index (χ2n) is 7.32. The van der Waals surface area contributed by atoms with Crippen LogP contribution in [0.2, 0.25) is 0 Å². The zero-order chi connectivity index (χ0) is 19.2. The Kier molecular flexibility index (Phi) is 6.68. The molecule has 148 valence electrons. The summed E-state index contributed by atoms with van der Waals surface area (Å²) in [7, 11) is 3.97. The van der Waals surface area contributed by atoms with E-state index in [1.54, 1.807) is 7.05 Å². The number of hydrogen-bond acceptors (Lipinski definition) is 3. The van der Waals surface area contributed by atoms with Gasteiger partial charge in [-0.15, -0.1) is 0 Å². The Morgan fingerprint density at radius 1 is 1.26 bits per heavy atom. The molecule has 1 unspecified atom stereocenters. The van der Waals surface area contributed by atoms with Gasteiger partial charge < -0.3 is 20.5 Å². The topological polar surface area (TPSA) is 58.7 Å². The Balaban J connectivity index is 1.43. The highest BCUT2D eigenvalue weighted by Gasteiger charge is 2.19. The third-order valence-electron chi connectivity index (χ3n) is 5.37. The first-order chi connectivity index (χ1) is 13.1. The molecule has 0 bridgehead atoms. The fourth-order valence-electron chi connectivity index (χ4n) is 3.54. The first kappa shape index (κ1) is 19.6. The molecule has 27 heavy (non-hydrogen) atoms. The number of aromatic nitrogens is 1. The summed E-state index contributed by atoms with van der Waals surface area (Å²) in [6.07, 6.45) is 2.80. The summed E-state index contributed by atoms with van der Waals surface area (Å²) in [5.41, 5.74) is 2.02. The van der Waals surface area contributed by atoms with Gasteiger partial charge in [0.05, 0.1) is 0 Å². The van der Waals surface area contributed by atoms with Crippen molar-refractivity contribution in [3.8, 4) is 0 Å². The Hall–Kier alpha value is -2.12. The van der Waals surface area contributed by atoms with E-state index in [1.807, 2.05) is 12.3 Å². The fourth-order valence-corrected chi connectivity index (χ4v) is 3.54. The second-order valence-corrected chi connectivity index (χ2v) is 7.32. The molecule has 0 radical (unpaired) electrons. The lowest BCUT2D eigenvalue weighted by Gasteiger charge is -2.36. The van der Waals surface area contributed by atoms with Crippen molar-refractivity contribution >= 4 is 16.9 Å². The molecule has 1 aliphatic rings. The lowest BCUT2D eigenvalue weighted by molar-refractivity contribution is 0.120. The van der Waals surface area contributed by atoms with Crippen molar-refractivity contribution in [3.63, 3.8) is 0 Å². The molecule has 1 aromatic heterocycles. The summed E-state index contributed by atoms with van der Waals surface area (Å²) < 4.78 is 13.3. The molecular formula is C20H31FN6. The predicted molar refractivity (Wildman–Crippen MR) is 110 cm³/mol. The Morgan fingerprint density at radius 3 is 2.78 bits per heavy atom. The van der Waals surface area contributed by atoms with Gasteiger partial charge in [-0.3, -0.25) is 9.89 Å². The molecule has 2 aromatic rings. The quantitative estimate of drug-likeness (QED) is 0.532. The molecule has 2 heterocycles. The normalized spacial score (nSPS) is 18.0. The Bertz CT molecular complexity index is 763. The summed E-state index contributed by atoms with van der Waals surface area (Å²) in [5.74, 6) is 0.606. The molecular weight excluding hydrogens is 343 g/mol. The number of hydrogen-bond donors (Lipinski definition) is 3. The number of aromatic amines is 1. The van der Waals surface area contributed by atoms with E-state index in [0.717, 1.165) is 62.6 Å². The highest BCUT2D eigenvalue weighted by atomic mass is 19.1. The van der Waals surface area contributed by atoms with Gasteiger partial charge >= 0.3 is 0 Å². The molecule has 6 nitrogen and oxygen atoms in total. The molecule has 1 aromatic carbocycles. The summed E-state index contributed by atoms with van der Waals surface area (Å²) in [6.45, 7) is 8.40. The van der Waals surface area contributed by atoms with Crippen LogP contribution in [0.15, 0.2) is 29.4 Å². The summed E-state index contributed by atoms with van der Waals surface area (Å²) in [5, 5.41) is 7.88. The lowest BCUT2D eigenvalue weighted by atomic mass is 10.1. The molecule has 3 rings (SSSR count). The molecule has 1 aliphatic heterocycles. The van der Waals surface area contributed by atoms with E-state index in [4.69, 9.17) is 0 Å². The summed E-state index contributed by atoms with van der Waals surface area (Å²) in [6, 6.07) is 5.35. The lowest BCUT2D eigenvalue weighted by Crippen LogP contribution is -2.52. The highest BCUT2D eigenvalue weighted by molar-refractivity contribution is 5.83. The summed E-state index contributed by atoms with van der Waals surface area (Å²) in [4.78, 5) is 12.3. The monoisotopic (exact) mass is 374 g/mol. The van der Waals surface area contributed by atoms with Gasteiger partial charge in [-0.1, -0.05) is 0 Å². The zero-order valence-corrected chi connectivity index (χ0v) is 16.6. The van der Waals surface area contributed by atoms with Gasteiger partial charge in [0.15, 0.2) is 5.96 Å². The van der Waals surface area contributed by atoms with Gasteiger partial charge in [0.2, 0.25) is 0 Å². The minimum Gasteiger partial charge on any atom is -0.361 e. The number of nitrogens with zero attached hydrogens (tertiary/aromatic N) is 3.